The van der Waals surface area contributed by atoms with Crippen molar-refractivity contribution in [2.75, 3.05) is 11.9 Å². The van der Waals surface area contributed by atoms with Gasteiger partial charge < -0.3 is 10.1 Å². The number of hydrogen-bond acceptors (Lipinski definition) is 2. The van der Waals surface area contributed by atoms with Gasteiger partial charge in [0, 0.05) is 5.69 Å². The van der Waals surface area contributed by atoms with Crippen LogP contribution in [0.4, 0.5) is 10.1 Å². The van der Waals surface area contributed by atoms with Gasteiger partial charge in [0.2, 0.25) is 5.91 Å². The minimum absolute atomic E-state index is 0.105. The fourth-order valence-corrected chi connectivity index (χ4v) is 2.27. The minimum atomic E-state index is -0.321. The lowest BCUT2D eigenvalue weighted by Gasteiger charge is -2.24. The van der Waals surface area contributed by atoms with E-state index in [1.807, 2.05) is 24.3 Å². The van der Waals surface area contributed by atoms with Crippen molar-refractivity contribution in [2.24, 2.45) is 5.92 Å². The van der Waals surface area contributed by atoms with Crippen LogP contribution in [0.15, 0.2) is 48.5 Å². The second-order valence-electron chi connectivity index (χ2n) is 4.82. The topological polar surface area (TPSA) is 38.3 Å². The second-order valence-corrected chi connectivity index (χ2v) is 4.82. The lowest BCUT2D eigenvalue weighted by Crippen LogP contribution is -2.32. The van der Waals surface area contributed by atoms with Crippen molar-refractivity contribution in [3.63, 3.8) is 0 Å². The molecule has 3 rings (SSSR count). The number of carbonyl (C=O) groups excluding carboxylic acids is 1. The summed E-state index contributed by atoms with van der Waals surface area (Å²) in [6.07, 6.45) is 0.656. The van der Waals surface area contributed by atoms with Crippen LogP contribution in [-0.4, -0.2) is 12.5 Å². The van der Waals surface area contributed by atoms with Crippen molar-refractivity contribution in [3.8, 4) is 5.75 Å². The molecule has 1 heterocycles. The number of carbonyl (C=O) groups is 1. The van der Waals surface area contributed by atoms with Gasteiger partial charge in [0.15, 0.2) is 0 Å². The first-order valence-electron chi connectivity index (χ1n) is 6.49. The van der Waals surface area contributed by atoms with Crippen LogP contribution in [0.5, 0.6) is 5.75 Å². The highest BCUT2D eigenvalue weighted by Crippen LogP contribution is 2.27. The zero-order valence-electron chi connectivity index (χ0n) is 10.8. The first kappa shape index (κ1) is 12.7. The Labute approximate surface area is 116 Å². The Morgan fingerprint density at radius 2 is 1.90 bits per heavy atom. The molecular weight excluding hydrogens is 257 g/mol. The van der Waals surface area contributed by atoms with E-state index in [1.165, 1.54) is 12.1 Å². The molecule has 0 saturated heterocycles. The van der Waals surface area contributed by atoms with Gasteiger partial charge in [0.1, 0.15) is 18.2 Å². The predicted octanol–water partition coefficient (Wildman–Crippen LogP) is 3.02. The lowest BCUT2D eigenvalue weighted by atomic mass is 9.96. The van der Waals surface area contributed by atoms with E-state index in [0.29, 0.717) is 18.7 Å². The van der Waals surface area contributed by atoms with Gasteiger partial charge in [-0.1, -0.05) is 18.2 Å². The summed E-state index contributed by atoms with van der Waals surface area (Å²) in [5.41, 5.74) is 1.63. The molecule has 0 spiro atoms. The lowest BCUT2D eigenvalue weighted by molar-refractivity contribution is -0.121. The van der Waals surface area contributed by atoms with Crippen LogP contribution >= 0.6 is 0 Å². The summed E-state index contributed by atoms with van der Waals surface area (Å²) < 4.78 is 18.4. The molecule has 3 nitrogen and oxygen atoms in total. The third-order valence-corrected chi connectivity index (χ3v) is 3.36. The molecule has 0 aromatic heterocycles. The molecule has 1 atom stereocenters. The van der Waals surface area contributed by atoms with Gasteiger partial charge in [-0.2, -0.15) is 0 Å². The number of amides is 1. The quantitative estimate of drug-likeness (QED) is 0.911. The van der Waals surface area contributed by atoms with E-state index in [4.69, 9.17) is 4.74 Å². The molecule has 0 aliphatic carbocycles. The SMILES string of the molecule is O=C(Nc1ccc(F)cc1)[C@H]1COc2ccccc2C1. The first-order chi connectivity index (χ1) is 9.72. The molecule has 102 valence electrons. The number of benzene rings is 2. The number of hydrogen-bond donors (Lipinski definition) is 1. The Balaban J connectivity index is 1.68. The van der Waals surface area contributed by atoms with Crippen LogP contribution in [0.1, 0.15) is 5.56 Å². The van der Waals surface area contributed by atoms with E-state index in [2.05, 4.69) is 5.32 Å². The normalized spacial score (nSPS) is 16.9. The van der Waals surface area contributed by atoms with Crippen molar-refractivity contribution < 1.29 is 13.9 Å². The molecule has 2 aromatic carbocycles. The van der Waals surface area contributed by atoms with Crippen LogP contribution in [0.25, 0.3) is 0 Å². The molecule has 1 aliphatic rings. The smallest absolute Gasteiger partial charge is 0.231 e. The Kier molecular flexibility index (Phi) is 3.37. The molecule has 1 amide bonds. The molecule has 20 heavy (non-hydrogen) atoms. The standard InChI is InChI=1S/C16H14FNO2/c17-13-5-7-14(8-6-13)18-16(19)12-9-11-3-1-2-4-15(11)20-10-12/h1-8,12H,9-10H2,(H,18,19)/t12-/m1/s1. The third kappa shape index (κ3) is 2.64. The molecule has 1 aliphatic heterocycles. The van der Waals surface area contributed by atoms with Crippen molar-refractivity contribution in [3.05, 3.63) is 59.9 Å². The number of fused-ring (bicyclic) bond motifs is 1. The summed E-state index contributed by atoms with van der Waals surface area (Å²) in [5, 5.41) is 2.78. The fourth-order valence-electron chi connectivity index (χ4n) is 2.27. The van der Waals surface area contributed by atoms with Gasteiger partial charge in [0.25, 0.3) is 0 Å². The van der Waals surface area contributed by atoms with E-state index < -0.39 is 0 Å². The molecule has 0 fully saturated rings. The first-order valence-corrected chi connectivity index (χ1v) is 6.49. The second kappa shape index (κ2) is 5.33. The molecule has 0 bridgehead atoms. The molecule has 2 aromatic rings. The predicted molar refractivity (Wildman–Crippen MR) is 74.2 cm³/mol. The Morgan fingerprint density at radius 3 is 2.70 bits per heavy atom. The Morgan fingerprint density at radius 1 is 1.15 bits per heavy atom. The van der Waals surface area contributed by atoms with E-state index >= 15 is 0 Å². The molecular formula is C16H14FNO2. The van der Waals surface area contributed by atoms with E-state index in [0.717, 1.165) is 11.3 Å². The number of anilines is 1. The largest absolute Gasteiger partial charge is 0.492 e. The number of nitrogens with one attached hydrogen (secondary N) is 1. The Hall–Kier alpha value is -2.36. The fraction of sp³-hybridized carbons (Fsp3) is 0.188. The molecule has 1 N–H and O–H groups in total. The maximum absolute atomic E-state index is 12.8. The molecule has 0 saturated carbocycles. The Bertz CT molecular complexity index is 625. The van der Waals surface area contributed by atoms with Gasteiger partial charge in [-0.15, -0.1) is 0 Å². The number of rotatable bonds is 2. The van der Waals surface area contributed by atoms with Crippen molar-refractivity contribution in [2.45, 2.75) is 6.42 Å². The molecule has 4 heteroatoms. The summed E-state index contributed by atoms with van der Waals surface area (Å²) in [7, 11) is 0. The number of halogens is 1. The number of ether oxygens (including phenoxy) is 1. The maximum atomic E-state index is 12.8. The highest BCUT2D eigenvalue weighted by atomic mass is 19.1. The summed E-state index contributed by atoms with van der Waals surface area (Å²) in [6.45, 7) is 0.365. The van der Waals surface area contributed by atoms with Crippen LogP contribution in [0.2, 0.25) is 0 Å². The van der Waals surface area contributed by atoms with Gasteiger partial charge in [-0.05, 0) is 42.3 Å². The minimum Gasteiger partial charge on any atom is -0.492 e. The van der Waals surface area contributed by atoms with E-state index in [-0.39, 0.29) is 17.6 Å². The summed E-state index contributed by atoms with van der Waals surface area (Å²) in [6, 6.07) is 13.5. The van der Waals surface area contributed by atoms with Crippen molar-refractivity contribution in [1.29, 1.82) is 0 Å². The van der Waals surface area contributed by atoms with Crippen LogP contribution in [0.3, 0.4) is 0 Å². The van der Waals surface area contributed by atoms with Crippen molar-refractivity contribution >= 4 is 11.6 Å². The van der Waals surface area contributed by atoms with Gasteiger partial charge in [0.05, 0.1) is 5.92 Å². The third-order valence-electron chi connectivity index (χ3n) is 3.36. The summed E-state index contributed by atoms with van der Waals surface area (Å²) in [4.78, 5) is 12.2. The molecule has 0 unspecified atom stereocenters. The summed E-state index contributed by atoms with van der Waals surface area (Å²) >= 11 is 0. The van der Waals surface area contributed by atoms with Crippen LogP contribution in [0, 0.1) is 11.7 Å². The van der Waals surface area contributed by atoms with E-state index in [9.17, 15) is 9.18 Å². The highest BCUT2D eigenvalue weighted by molar-refractivity contribution is 5.93. The zero-order chi connectivity index (χ0) is 13.9. The molecule has 0 radical (unpaired) electrons. The summed E-state index contributed by atoms with van der Waals surface area (Å²) in [5.74, 6) is 0.192. The average Bonchev–Trinajstić information content (AvgIpc) is 2.49. The van der Waals surface area contributed by atoms with Gasteiger partial charge >= 0.3 is 0 Å². The van der Waals surface area contributed by atoms with Gasteiger partial charge in [-0.3, -0.25) is 4.79 Å². The zero-order valence-corrected chi connectivity index (χ0v) is 10.8. The highest BCUT2D eigenvalue weighted by Gasteiger charge is 2.25. The number of para-hydroxylation sites is 1. The van der Waals surface area contributed by atoms with Gasteiger partial charge in [-0.25, -0.2) is 4.39 Å². The van der Waals surface area contributed by atoms with Crippen molar-refractivity contribution in [1.82, 2.24) is 0 Å². The monoisotopic (exact) mass is 271 g/mol. The maximum Gasteiger partial charge on any atom is 0.231 e. The average molecular weight is 271 g/mol. The van der Waals surface area contributed by atoms with E-state index in [1.54, 1.807) is 12.1 Å². The van der Waals surface area contributed by atoms with Crippen LogP contribution < -0.4 is 10.1 Å². The van der Waals surface area contributed by atoms with Crippen LogP contribution in [-0.2, 0) is 11.2 Å².